The second kappa shape index (κ2) is 6.37. The lowest BCUT2D eigenvalue weighted by molar-refractivity contribution is 0.471. The van der Waals surface area contributed by atoms with E-state index in [0.29, 0.717) is 16.5 Å². The maximum absolute atomic E-state index is 6.01. The van der Waals surface area contributed by atoms with Gasteiger partial charge >= 0.3 is 0 Å². The molecule has 0 bridgehead atoms. The van der Waals surface area contributed by atoms with Gasteiger partial charge in [-0.05, 0) is 53.0 Å². The molecule has 5 heteroatoms. The fourth-order valence-electron chi connectivity index (χ4n) is 1.71. The highest BCUT2D eigenvalue weighted by Crippen LogP contribution is 2.29. The van der Waals surface area contributed by atoms with E-state index >= 15 is 0 Å². The first-order valence-electron chi connectivity index (χ1n) is 5.87. The number of nitrogens with two attached hydrogens (primary N) is 1. The lowest BCUT2D eigenvalue weighted by atomic mass is 10.1. The molecule has 2 N–H and O–H groups in total. The van der Waals surface area contributed by atoms with Gasteiger partial charge < -0.3 is 10.5 Å². The van der Waals surface area contributed by atoms with Crippen molar-refractivity contribution < 1.29 is 4.74 Å². The van der Waals surface area contributed by atoms with Gasteiger partial charge in [0.2, 0.25) is 0 Å². The number of hydrogen-bond acceptors (Lipinski definition) is 3. The standard InChI is InChI=1S/C14H14BrClN2O/c1-9(17)4-10-2-3-12(16)6-14(10)19-13-5-11(15)7-18-8-13/h2-3,5-9H,4,17H2,1H3. The topological polar surface area (TPSA) is 48.1 Å². The zero-order chi connectivity index (χ0) is 13.8. The maximum Gasteiger partial charge on any atom is 0.146 e. The van der Waals surface area contributed by atoms with Gasteiger partial charge in [0.15, 0.2) is 0 Å². The predicted octanol–water partition coefficient (Wildman–Crippen LogP) is 4.18. The first-order chi connectivity index (χ1) is 9.04. The van der Waals surface area contributed by atoms with Gasteiger partial charge in [0, 0.05) is 21.7 Å². The number of hydrogen-bond donors (Lipinski definition) is 1. The average Bonchev–Trinajstić information content (AvgIpc) is 2.32. The van der Waals surface area contributed by atoms with Gasteiger partial charge in [-0.1, -0.05) is 17.7 Å². The van der Waals surface area contributed by atoms with Gasteiger partial charge in [-0.25, -0.2) is 0 Å². The Morgan fingerprint density at radius 2 is 2.16 bits per heavy atom. The van der Waals surface area contributed by atoms with Crippen LogP contribution in [0.1, 0.15) is 12.5 Å². The maximum atomic E-state index is 6.01. The van der Waals surface area contributed by atoms with Crippen molar-refractivity contribution in [2.75, 3.05) is 0 Å². The molecule has 1 aromatic heterocycles. The molecule has 19 heavy (non-hydrogen) atoms. The van der Waals surface area contributed by atoms with Crippen LogP contribution in [0.4, 0.5) is 0 Å². The van der Waals surface area contributed by atoms with Crippen molar-refractivity contribution >= 4 is 27.5 Å². The highest BCUT2D eigenvalue weighted by atomic mass is 79.9. The summed E-state index contributed by atoms with van der Waals surface area (Å²) in [7, 11) is 0. The summed E-state index contributed by atoms with van der Waals surface area (Å²) in [6, 6.07) is 7.48. The highest BCUT2D eigenvalue weighted by molar-refractivity contribution is 9.10. The third kappa shape index (κ3) is 4.20. The molecule has 0 radical (unpaired) electrons. The molecular formula is C14H14BrClN2O. The molecular weight excluding hydrogens is 328 g/mol. The molecule has 1 atom stereocenters. The van der Waals surface area contributed by atoms with E-state index in [-0.39, 0.29) is 6.04 Å². The van der Waals surface area contributed by atoms with Crippen molar-refractivity contribution in [1.29, 1.82) is 0 Å². The number of ether oxygens (including phenoxy) is 1. The zero-order valence-corrected chi connectivity index (χ0v) is 12.8. The summed E-state index contributed by atoms with van der Waals surface area (Å²) in [5.41, 5.74) is 6.87. The number of aromatic nitrogens is 1. The summed E-state index contributed by atoms with van der Waals surface area (Å²) in [6.07, 6.45) is 4.09. The van der Waals surface area contributed by atoms with Crippen LogP contribution in [0.3, 0.4) is 0 Å². The van der Waals surface area contributed by atoms with E-state index in [1.54, 1.807) is 18.5 Å². The molecule has 0 spiro atoms. The van der Waals surface area contributed by atoms with Crippen molar-refractivity contribution in [3.8, 4) is 11.5 Å². The smallest absolute Gasteiger partial charge is 0.146 e. The van der Waals surface area contributed by atoms with Gasteiger partial charge in [-0.2, -0.15) is 0 Å². The Kier molecular flexibility index (Phi) is 4.80. The van der Waals surface area contributed by atoms with Gasteiger partial charge in [0.05, 0.1) is 6.20 Å². The van der Waals surface area contributed by atoms with E-state index in [2.05, 4.69) is 20.9 Å². The minimum absolute atomic E-state index is 0.0594. The minimum Gasteiger partial charge on any atom is -0.455 e. The van der Waals surface area contributed by atoms with E-state index in [1.165, 1.54) is 0 Å². The zero-order valence-electron chi connectivity index (χ0n) is 10.4. The summed E-state index contributed by atoms with van der Waals surface area (Å²) in [4.78, 5) is 4.06. The van der Waals surface area contributed by atoms with Crippen LogP contribution in [-0.4, -0.2) is 11.0 Å². The molecule has 0 amide bonds. The first-order valence-corrected chi connectivity index (χ1v) is 7.04. The molecule has 1 heterocycles. The molecule has 0 aliphatic carbocycles. The van der Waals surface area contributed by atoms with Crippen LogP contribution >= 0.6 is 27.5 Å². The van der Waals surface area contributed by atoms with E-state index in [9.17, 15) is 0 Å². The lowest BCUT2D eigenvalue weighted by Gasteiger charge is -2.13. The van der Waals surface area contributed by atoms with E-state index in [1.807, 2.05) is 25.1 Å². The van der Waals surface area contributed by atoms with Crippen LogP contribution in [-0.2, 0) is 6.42 Å². The van der Waals surface area contributed by atoms with Gasteiger partial charge in [0.25, 0.3) is 0 Å². The SMILES string of the molecule is CC(N)Cc1ccc(Cl)cc1Oc1cncc(Br)c1. The van der Waals surface area contributed by atoms with E-state index < -0.39 is 0 Å². The molecule has 0 fully saturated rings. The molecule has 0 aliphatic heterocycles. The first kappa shape index (κ1) is 14.3. The number of nitrogens with zero attached hydrogens (tertiary/aromatic N) is 1. The van der Waals surface area contributed by atoms with Gasteiger partial charge in [-0.15, -0.1) is 0 Å². The number of rotatable bonds is 4. The summed E-state index contributed by atoms with van der Waals surface area (Å²) >= 11 is 9.37. The van der Waals surface area contributed by atoms with Crippen LogP contribution < -0.4 is 10.5 Å². The van der Waals surface area contributed by atoms with Crippen molar-refractivity contribution in [1.82, 2.24) is 4.98 Å². The molecule has 1 unspecified atom stereocenters. The lowest BCUT2D eigenvalue weighted by Crippen LogP contribution is -2.18. The van der Waals surface area contributed by atoms with Crippen LogP contribution in [0.25, 0.3) is 0 Å². The Morgan fingerprint density at radius 1 is 1.37 bits per heavy atom. The average molecular weight is 342 g/mol. The third-order valence-electron chi connectivity index (χ3n) is 2.48. The number of halogens is 2. The van der Waals surface area contributed by atoms with Crippen LogP contribution in [0.5, 0.6) is 11.5 Å². The monoisotopic (exact) mass is 340 g/mol. The van der Waals surface area contributed by atoms with E-state index in [4.69, 9.17) is 22.1 Å². The van der Waals surface area contributed by atoms with E-state index in [0.717, 1.165) is 16.5 Å². The van der Waals surface area contributed by atoms with Crippen molar-refractivity contribution in [3.63, 3.8) is 0 Å². The molecule has 100 valence electrons. The summed E-state index contributed by atoms with van der Waals surface area (Å²) in [5.74, 6) is 1.37. The summed E-state index contributed by atoms with van der Waals surface area (Å²) in [6.45, 7) is 1.96. The van der Waals surface area contributed by atoms with Gasteiger partial charge in [0.1, 0.15) is 11.5 Å². The molecule has 0 saturated carbocycles. The van der Waals surface area contributed by atoms with Crippen LogP contribution in [0, 0.1) is 0 Å². The Bertz CT molecular complexity index is 575. The molecule has 2 aromatic rings. The molecule has 3 nitrogen and oxygen atoms in total. The Hall–Kier alpha value is -1.10. The Morgan fingerprint density at radius 3 is 2.84 bits per heavy atom. The second-order valence-electron chi connectivity index (χ2n) is 4.37. The third-order valence-corrected chi connectivity index (χ3v) is 3.15. The minimum atomic E-state index is 0.0594. The molecule has 0 saturated heterocycles. The van der Waals surface area contributed by atoms with Crippen LogP contribution in [0.15, 0.2) is 41.1 Å². The predicted molar refractivity (Wildman–Crippen MR) is 80.8 cm³/mol. The molecule has 2 rings (SSSR count). The van der Waals surface area contributed by atoms with Crippen molar-refractivity contribution in [2.24, 2.45) is 5.73 Å². The Balaban J connectivity index is 2.30. The second-order valence-corrected chi connectivity index (χ2v) is 5.73. The molecule has 1 aromatic carbocycles. The summed E-state index contributed by atoms with van der Waals surface area (Å²) < 4.78 is 6.70. The largest absolute Gasteiger partial charge is 0.455 e. The summed E-state index contributed by atoms with van der Waals surface area (Å²) in [5, 5.41) is 0.631. The molecule has 0 aliphatic rings. The fourth-order valence-corrected chi connectivity index (χ4v) is 2.22. The highest BCUT2D eigenvalue weighted by Gasteiger charge is 2.09. The number of pyridine rings is 1. The fraction of sp³-hybridized carbons (Fsp3) is 0.214. The normalized spacial score (nSPS) is 12.2. The van der Waals surface area contributed by atoms with Crippen LogP contribution in [0.2, 0.25) is 5.02 Å². The van der Waals surface area contributed by atoms with Gasteiger partial charge in [-0.3, -0.25) is 4.98 Å². The quantitative estimate of drug-likeness (QED) is 0.907. The van der Waals surface area contributed by atoms with Crippen molar-refractivity contribution in [2.45, 2.75) is 19.4 Å². The number of benzene rings is 1. The van der Waals surface area contributed by atoms with Crippen molar-refractivity contribution in [3.05, 3.63) is 51.7 Å². The Labute approximate surface area is 125 Å².